The fourth-order valence-electron chi connectivity index (χ4n) is 1.40. The lowest BCUT2D eigenvalue weighted by atomic mass is 10.2. The van der Waals surface area contributed by atoms with Crippen LogP contribution in [0, 0.1) is 11.8 Å². The maximum absolute atomic E-state index is 11.6. The molecule has 0 saturated carbocycles. The Hall–Kier alpha value is -1.87. The molecule has 5 nitrogen and oxygen atoms in total. The van der Waals surface area contributed by atoms with Crippen LogP contribution in [0.1, 0.15) is 12.0 Å². The molecule has 2 N–H and O–H groups in total. The van der Waals surface area contributed by atoms with Gasteiger partial charge in [-0.2, -0.15) is 0 Å². The van der Waals surface area contributed by atoms with Gasteiger partial charge in [0, 0.05) is 24.8 Å². The van der Waals surface area contributed by atoms with Crippen molar-refractivity contribution in [2.45, 2.75) is 6.42 Å². The summed E-state index contributed by atoms with van der Waals surface area (Å²) in [6, 6.07) is 7.21. The fraction of sp³-hybridized carbons (Fsp3) is 0.400. The first kappa shape index (κ1) is 16.2. The molecule has 1 aromatic carbocycles. The van der Waals surface area contributed by atoms with Crippen LogP contribution in [0.25, 0.3) is 0 Å². The molecular formula is C15H19NO4. The van der Waals surface area contributed by atoms with Crippen LogP contribution in [-0.4, -0.2) is 44.6 Å². The molecule has 0 aliphatic carbocycles. The van der Waals surface area contributed by atoms with Gasteiger partial charge >= 0.3 is 0 Å². The van der Waals surface area contributed by atoms with Crippen molar-refractivity contribution in [2.24, 2.45) is 0 Å². The fourth-order valence-corrected chi connectivity index (χ4v) is 1.40. The molecule has 0 bridgehead atoms. The zero-order valence-electron chi connectivity index (χ0n) is 11.5. The summed E-state index contributed by atoms with van der Waals surface area (Å²) in [7, 11) is 1.58. The molecule has 108 valence electrons. The Kier molecular flexibility index (Phi) is 8.08. The maximum Gasteiger partial charge on any atom is 0.250 e. The highest BCUT2D eigenvalue weighted by atomic mass is 16.5. The van der Waals surface area contributed by atoms with Gasteiger partial charge in [0.25, 0.3) is 0 Å². The lowest BCUT2D eigenvalue weighted by Crippen LogP contribution is -2.19. The first-order valence-corrected chi connectivity index (χ1v) is 6.32. The van der Waals surface area contributed by atoms with Gasteiger partial charge in [0.1, 0.15) is 6.61 Å². The topological polar surface area (TPSA) is 67.8 Å². The van der Waals surface area contributed by atoms with Gasteiger partial charge in [-0.15, -0.1) is 0 Å². The van der Waals surface area contributed by atoms with Crippen LogP contribution < -0.4 is 5.32 Å². The molecule has 0 saturated heterocycles. The van der Waals surface area contributed by atoms with E-state index in [1.54, 1.807) is 19.2 Å². The second kappa shape index (κ2) is 9.98. The van der Waals surface area contributed by atoms with Gasteiger partial charge < -0.3 is 19.9 Å². The number of aliphatic hydroxyl groups excluding tert-OH is 1. The zero-order valence-corrected chi connectivity index (χ0v) is 11.5. The number of methoxy groups -OCH3 is 1. The number of carbonyl (C=O) groups excluding carboxylic acids is 1. The first-order valence-electron chi connectivity index (χ1n) is 6.32. The van der Waals surface area contributed by atoms with Crippen LogP contribution >= 0.6 is 0 Å². The van der Waals surface area contributed by atoms with Gasteiger partial charge in [0.2, 0.25) is 5.91 Å². The second-order valence-electron chi connectivity index (χ2n) is 3.95. The molecule has 1 aromatic rings. The number of benzene rings is 1. The maximum atomic E-state index is 11.6. The van der Waals surface area contributed by atoms with Gasteiger partial charge in [-0.25, -0.2) is 0 Å². The van der Waals surface area contributed by atoms with E-state index in [2.05, 4.69) is 17.2 Å². The summed E-state index contributed by atoms with van der Waals surface area (Å²) < 4.78 is 9.94. The number of ether oxygens (including phenoxy) is 2. The van der Waals surface area contributed by atoms with E-state index in [4.69, 9.17) is 14.6 Å². The molecule has 5 heteroatoms. The number of hydrogen-bond donors (Lipinski definition) is 2. The summed E-state index contributed by atoms with van der Waals surface area (Å²) in [5.41, 5.74) is 1.46. The standard InChI is InChI=1S/C15H19NO4/c1-19-9-10-20-12-15(18)16-14-7-4-6-13(11-14)5-2-3-8-17/h4,6-7,11,17H,3,8-10,12H2,1H3,(H,16,18). The first-order chi connectivity index (χ1) is 9.76. The minimum absolute atomic E-state index is 0.0101. The third-order valence-corrected chi connectivity index (χ3v) is 2.28. The Bertz CT molecular complexity index is 476. The minimum Gasteiger partial charge on any atom is -0.395 e. The number of hydrogen-bond acceptors (Lipinski definition) is 4. The normalized spacial score (nSPS) is 9.70. The lowest BCUT2D eigenvalue weighted by molar-refractivity contribution is -0.121. The number of anilines is 1. The Balaban J connectivity index is 2.45. The molecule has 0 aliphatic heterocycles. The average molecular weight is 277 g/mol. The highest BCUT2D eigenvalue weighted by molar-refractivity contribution is 5.91. The van der Waals surface area contributed by atoms with E-state index in [0.29, 0.717) is 25.3 Å². The number of aliphatic hydroxyl groups is 1. The number of carbonyl (C=O) groups is 1. The number of rotatable bonds is 7. The van der Waals surface area contributed by atoms with E-state index in [1.807, 2.05) is 12.1 Å². The Labute approximate surface area is 118 Å². The highest BCUT2D eigenvalue weighted by Crippen LogP contribution is 2.09. The van der Waals surface area contributed by atoms with E-state index in [-0.39, 0.29) is 19.1 Å². The van der Waals surface area contributed by atoms with Crippen LogP contribution in [0.4, 0.5) is 5.69 Å². The Morgan fingerprint density at radius 2 is 2.25 bits per heavy atom. The molecule has 0 radical (unpaired) electrons. The molecule has 20 heavy (non-hydrogen) atoms. The van der Waals surface area contributed by atoms with E-state index in [0.717, 1.165) is 5.56 Å². The average Bonchev–Trinajstić information content (AvgIpc) is 2.44. The van der Waals surface area contributed by atoms with Crippen molar-refractivity contribution in [1.82, 2.24) is 0 Å². The van der Waals surface area contributed by atoms with Crippen LogP contribution in [-0.2, 0) is 14.3 Å². The van der Waals surface area contributed by atoms with Crippen LogP contribution in [0.2, 0.25) is 0 Å². The van der Waals surface area contributed by atoms with Gasteiger partial charge in [-0.05, 0) is 18.2 Å². The molecule has 0 heterocycles. The molecule has 0 aromatic heterocycles. The zero-order chi connectivity index (χ0) is 14.6. The summed E-state index contributed by atoms with van der Waals surface area (Å²) >= 11 is 0. The third kappa shape index (κ3) is 6.90. The van der Waals surface area contributed by atoms with E-state index in [1.165, 1.54) is 0 Å². The Morgan fingerprint density at radius 3 is 3.00 bits per heavy atom. The Morgan fingerprint density at radius 1 is 1.40 bits per heavy atom. The quantitative estimate of drug-likeness (QED) is 0.577. The van der Waals surface area contributed by atoms with Gasteiger partial charge in [-0.1, -0.05) is 17.9 Å². The SMILES string of the molecule is COCCOCC(=O)Nc1cccc(C#CCCO)c1. The molecular weight excluding hydrogens is 258 g/mol. The predicted molar refractivity (Wildman–Crippen MR) is 76.3 cm³/mol. The molecule has 0 atom stereocenters. The van der Waals surface area contributed by atoms with Crippen molar-refractivity contribution in [3.8, 4) is 11.8 Å². The largest absolute Gasteiger partial charge is 0.395 e. The highest BCUT2D eigenvalue weighted by Gasteiger charge is 2.02. The predicted octanol–water partition coefficient (Wildman–Crippen LogP) is 1.02. The molecule has 1 rings (SSSR count). The van der Waals surface area contributed by atoms with Crippen molar-refractivity contribution in [3.05, 3.63) is 29.8 Å². The van der Waals surface area contributed by atoms with Gasteiger partial charge in [0.15, 0.2) is 0 Å². The van der Waals surface area contributed by atoms with E-state index < -0.39 is 0 Å². The van der Waals surface area contributed by atoms with Crippen LogP contribution in [0.5, 0.6) is 0 Å². The van der Waals surface area contributed by atoms with Crippen molar-refractivity contribution < 1.29 is 19.4 Å². The van der Waals surface area contributed by atoms with Crippen molar-refractivity contribution in [2.75, 3.05) is 38.9 Å². The summed E-state index contributed by atoms with van der Waals surface area (Å²) in [6.45, 7) is 0.881. The molecule has 0 unspecified atom stereocenters. The minimum atomic E-state index is -0.221. The van der Waals surface area contributed by atoms with Crippen molar-refractivity contribution >= 4 is 11.6 Å². The molecule has 1 amide bonds. The smallest absolute Gasteiger partial charge is 0.250 e. The monoisotopic (exact) mass is 277 g/mol. The second-order valence-corrected chi connectivity index (χ2v) is 3.95. The molecule has 0 spiro atoms. The van der Waals surface area contributed by atoms with Gasteiger partial charge in [-0.3, -0.25) is 4.79 Å². The summed E-state index contributed by atoms with van der Waals surface area (Å²) in [6.07, 6.45) is 0.434. The lowest BCUT2D eigenvalue weighted by Gasteiger charge is -2.06. The third-order valence-electron chi connectivity index (χ3n) is 2.28. The van der Waals surface area contributed by atoms with Crippen molar-refractivity contribution in [3.63, 3.8) is 0 Å². The van der Waals surface area contributed by atoms with Crippen molar-refractivity contribution in [1.29, 1.82) is 0 Å². The van der Waals surface area contributed by atoms with Crippen LogP contribution in [0.3, 0.4) is 0 Å². The summed E-state index contributed by atoms with van der Waals surface area (Å²) in [4.78, 5) is 11.6. The van der Waals surface area contributed by atoms with E-state index >= 15 is 0 Å². The van der Waals surface area contributed by atoms with E-state index in [9.17, 15) is 4.79 Å². The van der Waals surface area contributed by atoms with Gasteiger partial charge in [0.05, 0.1) is 19.8 Å². The number of amides is 1. The molecule has 0 aliphatic rings. The summed E-state index contributed by atoms with van der Waals surface area (Å²) in [5, 5.41) is 11.4. The molecule has 0 fully saturated rings. The van der Waals surface area contributed by atoms with Crippen LogP contribution in [0.15, 0.2) is 24.3 Å². The number of nitrogens with one attached hydrogen (secondary N) is 1. The summed E-state index contributed by atoms with van der Waals surface area (Å²) in [5.74, 6) is 5.52.